The molecule has 28 heavy (non-hydrogen) atoms. The minimum Gasteiger partial charge on any atom is -0.402 e. The van der Waals surface area contributed by atoms with Crippen molar-refractivity contribution in [1.29, 1.82) is 5.41 Å². The third-order valence-electron chi connectivity index (χ3n) is 4.41. The van der Waals surface area contributed by atoms with E-state index in [0.29, 0.717) is 21.6 Å². The van der Waals surface area contributed by atoms with Crippen molar-refractivity contribution in [3.8, 4) is 0 Å². The first-order valence-electron chi connectivity index (χ1n) is 8.36. The van der Waals surface area contributed by atoms with Gasteiger partial charge in [0.2, 0.25) is 0 Å². The molecule has 0 fully saturated rings. The van der Waals surface area contributed by atoms with Crippen molar-refractivity contribution in [1.82, 2.24) is 29.1 Å². The van der Waals surface area contributed by atoms with Crippen LogP contribution in [0, 0.1) is 5.41 Å². The third-order valence-corrected chi connectivity index (χ3v) is 5.49. The Hall–Kier alpha value is -3.34. The SMILES string of the molecule is Cn1ccc(Cn2ncc3c4sc(CC(=N)/C(F)=C\N)nc4n(C)c3c2=O)n1. The van der Waals surface area contributed by atoms with E-state index in [1.54, 1.807) is 22.5 Å². The molecule has 9 nitrogen and oxygen atoms in total. The number of fused-ring (bicyclic) bond motifs is 3. The summed E-state index contributed by atoms with van der Waals surface area (Å²) < 4.78 is 19.0. The predicted molar refractivity (Wildman–Crippen MR) is 105 cm³/mol. The van der Waals surface area contributed by atoms with E-state index in [4.69, 9.17) is 11.1 Å². The van der Waals surface area contributed by atoms with E-state index < -0.39 is 5.83 Å². The van der Waals surface area contributed by atoms with Crippen molar-refractivity contribution in [2.24, 2.45) is 19.8 Å². The monoisotopic (exact) mass is 400 g/mol. The average Bonchev–Trinajstić information content (AvgIpc) is 3.33. The van der Waals surface area contributed by atoms with Gasteiger partial charge >= 0.3 is 0 Å². The van der Waals surface area contributed by atoms with Crippen LogP contribution in [0.1, 0.15) is 10.7 Å². The molecule has 3 N–H and O–H groups in total. The number of allylic oxidation sites excluding steroid dienone is 1. The fraction of sp³-hybridized carbons (Fsp3) is 0.235. The smallest absolute Gasteiger partial charge is 0.291 e. The van der Waals surface area contributed by atoms with E-state index >= 15 is 0 Å². The molecule has 0 bridgehead atoms. The highest BCUT2D eigenvalue weighted by Gasteiger charge is 2.19. The van der Waals surface area contributed by atoms with Gasteiger partial charge in [-0.1, -0.05) is 0 Å². The molecule has 0 aliphatic heterocycles. The maximum absolute atomic E-state index is 13.4. The van der Waals surface area contributed by atoms with Crippen molar-refractivity contribution in [2.45, 2.75) is 13.0 Å². The first kappa shape index (κ1) is 18.0. The van der Waals surface area contributed by atoms with Crippen LogP contribution in [0.2, 0.25) is 0 Å². The number of aryl methyl sites for hydroxylation is 2. The number of rotatable bonds is 5. The number of hydrogen-bond donors (Lipinski definition) is 2. The second-order valence-corrected chi connectivity index (χ2v) is 7.42. The van der Waals surface area contributed by atoms with Crippen LogP contribution in [0.15, 0.2) is 35.3 Å². The highest BCUT2D eigenvalue weighted by Crippen LogP contribution is 2.31. The maximum atomic E-state index is 13.4. The van der Waals surface area contributed by atoms with Gasteiger partial charge in [-0.05, 0) is 6.07 Å². The first-order chi connectivity index (χ1) is 13.4. The molecule has 0 radical (unpaired) electrons. The lowest BCUT2D eigenvalue weighted by Gasteiger charge is -2.03. The summed E-state index contributed by atoms with van der Waals surface area (Å²) in [6, 6.07) is 1.83. The summed E-state index contributed by atoms with van der Waals surface area (Å²) in [5.74, 6) is -0.775. The third kappa shape index (κ3) is 2.89. The van der Waals surface area contributed by atoms with Gasteiger partial charge in [0.1, 0.15) is 10.5 Å². The van der Waals surface area contributed by atoms with E-state index in [2.05, 4.69) is 15.2 Å². The Balaban J connectivity index is 1.76. The number of nitrogens with one attached hydrogen (secondary N) is 1. The molecule has 0 aliphatic rings. The molecule has 0 spiro atoms. The molecular weight excluding hydrogens is 383 g/mol. The summed E-state index contributed by atoms with van der Waals surface area (Å²) in [6.45, 7) is 0.273. The van der Waals surface area contributed by atoms with E-state index in [1.165, 1.54) is 16.0 Å². The van der Waals surface area contributed by atoms with Gasteiger partial charge in [0.15, 0.2) is 11.5 Å². The van der Waals surface area contributed by atoms with Gasteiger partial charge in [-0.25, -0.2) is 14.1 Å². The number of nitrogens with zero attached hydrogens (tertiary/aromatic N) is 6. The van der Waals surface area contributed by atoms with Crippen LogP contribution in [0.4, 0.5) is 4.39 Å². The maximum Gasteiger partial charge on any atom is 0.291 e. The second kappa shape index (κ2) is 6.68. The molecule has 0 aromatic carbocycles. The molecule has 0 aliphatic carbocycles. The van der Waals surface area contributed by atoms with Crippen molar-refractivity contribution >= 4 is 38.3 Å². The molecule has 4 aromatic heterocycles. The largest absolute Gasteiger partial charge is 0.402 e. The molecule has 0 amide bonds. The number of halogens is 1. The topological polar surface area (TPSA) is 120 Å². The molecule has 4 rings (SSSR count). The quantitative estimate of drug-likeness (QED) is 0.491. The minimum atomic E-state index is -0.775. The molecule has 0 unspecified atom stereocenters. The van der Waals surface area contributed by atoms with Gasteiger partial charge < -0.3 is 15.7 Å². The van der Waals surface area contributed by atoms with E-state index in [0.717, 1.165) is 16.6 Å². The number of nitrogens with two attached hydrogens (primary N) is 1. The molecular formula is C17H17FN8OS. The summed E-state index contributed by atoms with van der Waals surface area (Å²) in [5, 5.41) is 17.5. The highest BCUT2D eigenvalue weighted by molar-refractivity contribution is 7.19. The van der Waals surface area contributed by atoms with Crippen molar-refractivity contribution in [3.05, 3.63) is 51.5 Å². The van der Waals surface area contributed by atoms with Gasteiger partial charge in [-0.2, -0.15) is 10.2 Å². The zero-order chi connectivity index (χ0) is 20.0. The van der Waals surface area contributed by atoms with Crippen LogP contribution in [0.5, 0.6) is 0 Å². The van der Waals surface area contributed by atoms with Crippen LogP contribution in [-0.2, 0) is 27.1 Å². The van der Waals surface area contributed by atoms with Crippen LogP contribution >= 0.6 is 11.3 Å². The van der Waals surface area contributed by atoms with Crippen LogP contribution in [0.25, 0.3) is 21.3 Å². The zero-order valence-electron chi connectivity index (χ0n) is 15.2. The summed E-state index contributed by atoms with van der Waals surface area (Å²) in [4.78, 5) is 17.4. The zero-order valence-corrected chi connectivity index (χ0v) is 16.0. The highest BCUT2D eigenvalue weighted by atomic mass is 32.1. The van der Waals surface area contributed by atoms with Gasteiger partial charge in [0, 0.05) is 38.3 Å². The first-order valence-corrected chi connectivity index (χ1v) is 9.18. The van der Waals surface area contributed by atoms with Crippen LogP contribution < -0.4 is 11.3 Å². The Labute approximate surface area is 162 Å². The molecule has 144 valence electrons. The fourth-order valence-corrected chi connectivity index (χ4v) is 4.18. The van der Waals surface area contributed by atoms with Gasteiger partial charge in [0.05, 0.1) is 28.8 Å². The summed E-state index contributed by atoms with van der Waals surface area (Å²) >= 11 is 1.31. The van der Waals surface area contributed by atoms with E-state index in [9.17, 15) is 9.18 Å². The molecule has 4 heterocycles. The molecule has 0 saturated heterocycles. The standard InChI is InChI=1S/C17H17FN8OS/c1-24-4-3-9(23-24)8-26-17(27)14-10(7-21-26)15-16(25(14)2)22-13(28-15)5-12(20)11(18)6-19/h3-4,6-7,20H,5,8,19H2,1-2H3/b11-6+,20-12?. The summed E-state index contributed by atoms with van der Waals surface area (Å²) in [5.41, 5.74) is 6.49. The lowest BCUT2D eigenvalue weighted by molar-refractivity contribution is 0.619. The molecule has 0 atom stereocenters. The second-order valence-electron chi connectivity index (χ2n) is 6.34. The lowest BCUT2D eigenvalue weighted by atomic mass is 10.2. The Morgan fingerprint density at radius 2 is 2.21 bits per heavy atom. The van der Waals surface area contributed by atoms with E-state index in [-0.39, 0.29) is 24.2 Å². The van der Waals surface area contributed by atoms with Crippen molar-refractivity contribution in [3.63, 3.8) is 0 Å². The fourth-order valence-electron chi connectivity index (χ4n) is 3.06. The van der Waals surface area contributed by atoms with Crippen LogP contribution in [0.3, 0.4) is 0 Å². The van der Waals surface area contributed by atoms with Gasteiger partial charge in [-0.15, -0.1) is 11.3 Å². The Bertz CT molecular complexity index is 1310. The normalized spacial score (nSPS) is 12.3. The molecule has 0 saturated carbocycles. The molecule has 4 aromatic rings. The molecule has 11 heteroatoms. The Morgan fingerprint density at radius 1 is 1.43 bits per heavy atom. The van der Waals surface area contributed by atoms with Crippen molar-refractivity contribution in [2.75, 3.05) is 0 Å². The summed E-state index contributed by atoms with van der Waals surface area (Å²) in [6.07, 6.45) is 4.24. The van der Waals surface area contributed by atoms with Crippen molar-refractivity contribution < 1.29 is 4.39 Å². The average molecular weight is 400 g/mol. The minimum absolute atomic E-state index is 0.0323. The predicted octanol–water partition coefficient (Wildman–Crippen LogP) is 1.46. The number of thiazole rings is 1. The van der Waals surface area contributed by atoms with Crippen LogP contribution in [-0.4, -0.2) is 34.8 Å². The van der Waals surface area contributed by atoms with E-state index in [1.807, 2.05) is 19.3 Å². The number of hydrogen-bond acceptors (Lipinski definition) is 7. The summed E-state index contributed by atoms with van der Waals surface area (Å²) in [7, 11) is 3.57. The lowest BCUT2D eigenvalue weighted by Crippen LogP contribution is -2.24. The Kier molecular flexibility index (Phi) is 4.30. The number of aromatic nitrogens is 6. The Morgan fingerprint density at radius 3 is 2.89 bits per heavy atom. The van der Waals surface area contributed by atoms with Gasteiger partial charge in [0.25, 0.3) is 5.56 Å². The van der Waals surface area contributed by atoms with Gasteiger partial charge in [-0.3, -0.25) is 9.48 Å².